The number of nitrogens with zero attached hydrogens (tertiary/aromatic N) is 2. The van der Waals surface area contributed by atoms with Gasteiger partial charge in [-0.15, -0.1) is 0 Å². The number of anilines is 1. The molecule has 2 fully saturated rings. The van der Waals surface area contributed by atoms with Gasteiger partial charge in [0.15, 0.2) is 5.13 Å². The summed E-state index contributed by atoms with van der Waals surface area (Å²) < 4.78 is 19.6. The Hall–Kier alpha value is -1.73. The highest BCUT2D eigenvalue weighted by molar-refractivity contribution is 7.22. The standard InChI is InChI=1S/C16H18FN3O2S/c17-11-3-4-13-14(6-11)23-16(19-13)20-8-10(9-20)15(21)18-7-12-2-1-5-22-12/h3-4,6,10,12H,1-2,5,7-9H2,(H,18,21). The Morgan fingerprint density at radius 2 is 2.35 bits per heavy atom. The van der Waals surface area contributed by atoms with Gasteiger partial charge in [-0.1, -0.05) is 11.3 Å². The molecular formula is C16H18FN3O2S. The van der Waals surface area contributed by atoms with E-state index >= 15 is 0 Å². The number of nitrogens with one attached hydrogen (secondary N) is 1. The third-order valence-electron chi connectivity index (χ3n) is 4.39. The summed E-state index contributed by atoms with van der Waals surface area (Å²) >= 11 is 1.47. The Balaban J connectivity index is 1.32. The number of thiazole rings is 1. The topological polar surface area (TPSA) is 54.5 Å². The van der Waals surface area contributed by atoms with Crippen LogP contribution in [0.3, 0.4) is 0 Å². The van der Waals surface area contributed by atoms with Crippen molar-refractivity contribution in [1.29, 1.82) is 0 Å². The summed E-state index contributed by atoms with van der Waals surface area (Å²) in [6, 6.07) is 4.61. The number of carbonyl (C=O) groups is 1. The highest BCUT2D eigenvalue weighted by Gasteiger charge is 2.34. The van der Waals surface area contributed by atoms with E-state index in [1.165, 1.54) is 23.5 Å². The van der Waals surface area contributed by atoms with Crippen LogP contribution in [0.2, 0.25) is 0 Å². The second-order valence-electron chi connectivity index (χ2n) is 6.09. The molecule has 1 aromatic carbocycles. The summed E-state index contributed by atoms with van der Waals surface area (Å²) in [5.41, 5.74) is 0.803. The fraction of sp³-hybridized carbons (Fsp3) is 0.500. The maximum atomic E-state index is 13.2. The number of hydrogen-bond donors (Lipinski definition) is 1. The van der Waals surface area contributed by atoms with E-state index in [-0.39, 0.29) is 23.7 Å². The number of fused-ring (bicyclic) bond motifs is 1. The summed E-state index contributed by atoms with van der Waals surface area (Å²) in [5, 5.41) is 3.83. The van der Waals surface area contributed by atoms with Crippen molar-refractivity contribution in [2.45, 2.75) is 18.9 Å². The van der Waals surface area contributed by atoms with E-state index < -0.39 is 0 Å². The molecule has 1 unspecified atom stereocenters. The molecule has 1 atom stereocenters. The third kappa shape index (κ3) is 3.03. The van der Waals surface area contributed by atoms with Gasteiger partial charge in [0.1, 0.15) is 5.82 Å². The lowest BCUT2D eigenvalue weighted by molar-refractivity contribution is -0.126. The fourth-order valence-electron chi connectivity index (χ4n) is 2.99. The predicted octanol–water partition coefficient (Wildman–Crippen LogP) is 2.17. The normalized spacial score (nSPS) is 21.6. The number of amides is 1. The minimum atomic E-state index is -0.248. The zero-order valence-corrected chi connectivity index (χ0v) is 13.4. The summed E-state index contributed by atoms with van der Waals surface area (Å²) in [6.07, 6.45) is 2.28. The van der Waals surface area contributed by atoms with Crippen molar-refractivity contribution in [3.05, 3.63) is 24.0 Å². The van der Waals surface area contributed by atoms with Gasteiger partial charge in [-0.05, 0) is 31.0 Å². The van der Waals surface area contributed by atoms with Crippen LogP contribution in [-0.2, 0) is 9.53 Å². The van der Waals surface area contributed by atoms with Crippen molar-refractivity contribution in [3.63, 3.8) is 0 Å². The van der Waals surface area contributed by atoms with Gasteiger partial charge >= 0.3 is 0 Å². The van der Waals surface area contributed by atoms with Gasteiger partial charge in [0.25, 0.3) is 0 Å². The van der Waals surface area contributed by atoms with Crippen molar-refractivity contribution < 1.29 is 13.9 Å². The summed E-state index contributed by atoms with van der Waals surface area (Å²) in [5.74, 6) is -0.160. The Morgan fingerprint density at radius 3 is 3.13 bits per heavy atom. The number of rotatable bonds is 4. The largest absolute Gasteiger partial charge is 0.376 e. The van der Waals surface area contributed by atoms with Crippen LogP contribution in [0, 0.1) is 11.7 Å². The molecule has 0 bridgehead atoms. The van der Waals surface area contributed by atoms with Crippen LogP contribution in [-0.4, -0.2) is 43.2 Å². The SMILES string of the molecule is O=C(NCC1CCCO1)C1CN(c2nc3ccc(F)cc3s2)C1. The number of carbonyl (C=O) groups excluding carboxylic acids is 1. The molecule has 2 saturated heterocycles. The van der Waals surface area contributed by atoms with Gasteiger partial charge in [0, 0.05) is 26.2 Å². The van der Waals surface area contributed by atoms with E-state index in [1.54, 1.807) is 6.07 Å². The van der Waals surface area contributed by atoms with Crippen LogP contribution < -0.4 is 10.2 Å². The lowest BCUT2D eigenvalue weighted by Gasteiger charge is -2.38. The van der Waals surface area contributed by atoms with Gasteiger partial charge in [0.2, 0.25) is 5.91 Å². The molecule has 1 N–H and O–H groups in total. The Bertz CT molecular complexity index is 723. The van der Waals surface area contributed by atoms with Crippen molar-refractivity contribution in [3.8, 4) is 0 Å². The molecule has 3 heterocycles. The first-order chi connectivity index (χ1) is 11.2. The Morgan fingerprint density at radius 1 is 1.48 bits per heavy atom. The minimum absolute atomic E-state index is 0.000140. The molecule has 0 radical (unpaired) electrons. The fourth-order valence-corrected chi connectivity index (χ4v) is 3.99. The van der Waals surface area contributed by atoms with Gasteiger partial charge in [-0.2, -0.15) is 0 Å². The molecule has 2 aliphatic rings. The quantitative estimate of drug-likeness (QED) is 0.930. The second kappa shape index (κ2) is 6.05. The van der Waals surface area contributed by atoms with E-state index in [2.05, 4.69) is 15.2 Å². The number of benzene rings is 1. The molecule has 2 aliphatic heterocycles. The summed E-state index contributed by atoms with van der Waals surface area (Å²) in [6.45, 7) is 2.74. The Labute approximate surface area is 137 Å². The summed E-state index contributed by atoms with van der Waals surface area (Å²) in [7, 11) is 0. The Kier molecular flexibility index (Phi) is 3.90. The molecule has 4 rings (SSSR count). The van der Waals surface area contributed by atoms with Gasteiger partial charge in [0.05, 0.1) is 22.2 Å². The highest BCUT2D eigenvalue weighted by Crippen LogP contribution is 2.33. The van der Waals surface area contributed by atoms with E-state index in [0.29, 0.717) is 19.6 Å². The van der Waals surface area contributed by atoms with Crippen LogP contribution in [0.15, 0.2) is 18.2 Å². The third-order valence-corrected chi connectivity index (χ3v) is 5.47. The van der Waals surface area contributed by atoms with E-state index in [9.17, 15) is 9.18 Å². The molecule has 122 valence electrons. The highest BCUT2D eigenvalue weighted by atomic mass is 32.1. The minimum Gasteiger partial charge on any atom is -0.376 e. The van der Waals surface area contributed by atoms with Crippen molar-refractivity contribution in [2.75, 3.05) is 31.1 Å². The molecule has 2 aromatic rings. The molecule has 0 aliphatic carbocycles. The predicted molar refractivity (Wildman–Crippen MR) is 87.3 cm³/mol. The number of aromatic nitrogens is 1. The maximum Gasteiger partial charge on any atom is 0.226 e. The van der Waals surface area contributed by atoms with Gasteiger partial charge in [-0.25, -0.2) is 9.37 Å². The average Bonchev–Trinajstić information content (AvgIpc) is 3.12. The molecular weight excluding hydrogens is 317 g/mol. The first kappa shape index (κ1) is 14.8. The molecule has 1 aromatic heterocycles. The van der Waals surface area contributed by atoms with Crippen molar-refractivity contribution in [1.82, 2.24) is 10.3 Å². The maximum absolute atomic E-state index is 13.2. The lowest BCUT2D eigenvalue weighted by atomic mass is 10.00. The molecule has 1 amide bonds. The van der Waals surface area contributed by atoms with Gasteiger partial charge < -0.3 is 15.0 Å². The van der Waals surface area contributed by atoms with Crippen LogP contribution in [0.1, 0.15) is 12.8 Å². The lowest BCUT2D eigenvalue weighted by Crippen LogP contribution is -2.54. The van der Waals surface area contributed by atoms with Crippen molar-refractivity contribution in [2.24, 2.45) is 5.92 Å². The second-order valence-corrected chi connectivity index (χ2v) is 7.10. The first-order valence-electron chi connectivity index (χ1n) is 7.89. The average molecular weight is 335 g/mol. The first-order valence-corrected chi connectivity index (χ1v) is 8.71. The monoisotopic (exact) mass is 335 g/mol. The summed E-state index contributed by atoms with van der Waals surface area (Å²) in [4.78, 5) is 18.7. The molecule has 7 heteroatoms. The van der Waals surface area contributed by atoms with E-state index in [4.69, 9.17) is 4.74 Å². The zero-order chi connectivity index (χ0) is 15.8. The van der Waals surface area contributed by atoms with Crippen LogP contribution >= 0.6 is 11.3 Å². The van der Waals surface area contributed by atoms with Gasteiger partial charge in [-0.3, -0.25) is 4.79 Å². The number of hydrogen-bond acceptors (Lipinski definition) is 5. The molecule has 5 nitrogen and oxygen atoms in total. The van der Waals surface area contributed by atoms with E-state index in [0.717, 1.165) is 34.8 Å². The number of halogens is 1. The van der Waals surface area contributed by atoms with Crippen molar-refractivity contribution >= 4 is 32.6 Å². The molecule has 0 spiro atoms. The van der Waals surface area contributed by atoms with E-state index in [1.807, 2.05) is 0 Å². The zero-order valence-electron chi connectivity index (χ0n) is 12.6. The van der Waals surface area contributed by atoms with Crippen LogP contribution in [0.5, 0.6) is 0 Å². The molecule has 0 saturated carbocycles. The smallest absolute Gasteiger partial charge is 0.226 e. The van der Waals surface area contributed by atoms with Crippen LogP contribution in [0.4, 0.5) is 9.52 Å². The van der Waals surface area contributed by atoms with Crippen LogP contribution in [0.25, 0.3) is 10.2 Å². The molecule has 23 heavy (non-hydrogen) atoms. The number of ether oxygens (including phenoxy) is 1.